The van der Waals surface area contributed by atoms with E-state index in [1.54, 1.807) is 21.3 Å². The molecule has 0 saturated heterocycles. The number of nitrogens with zero attached hydrogens (tertiary/aromatic N) is 1. The lowest BCUT2D eigenvalue weighted by molar-refractivity contribution is -0.380. The number of rotatable bonds is 21. The molecule has 0 spiro atoms. The molecule has 32 heavy (non-hydrogen) atoms. The summed E-state index contributed by atoms with van der Waals surface area (Å²) < 4.78 is 17.1. The van der Waals surface area contributed by atoms with Crippen molar-refractivity contribution in [1.29, 1.82) is 0 Å². The van der Waals surface area contributed by atoms with Crippen molar-refractivity contribution in [2.45, 2.75) is 77.2 Å². The second-order valence-electron chi connectivity index (χ2n) is 8.50. The summed E-state index contributed by atoms with van der Waals surface area (Å²) in [4.78, 5) is 2.25. The van der Waals surface area contributed by atoms with Gasteiger partial charge in [-0.25, -0.2) is 0 Å². The molecule has 1 unspecified atom stereocenters. The zero-order chi connectivity index (χ0) is 23.5. The molecule has 0 saturated carbocycles. The van der Waals surface area contributed by atoms with Crippen LogP contribution in [0.3, 0.4) is 0 Å². The second-order valence-corrected chi connectivity index (χ2v) is 8.50. The van der Waals surface area contributed by atoms with Crippen molar-refractivity contribution in [2.75, 3.05) is 41.0 Å². The van der Waals surface area contributed by atoms with Crippen LogP contribution in [0.5, 0.6) is 0 Å². The van der Waals surface area contributed by atoms with Crippen molar-refractivity contribution in [3.8, 4) is 0 Å². The second kappa shape index (κ2) is 18.1. The minimum absolute atomic E-state index is 0.221. The molecule has 1 atom stereocenters. The van der Waals surface area contributed by atoms with E-state index in [0.717, 1.165) is 45.4 Å². The highest BCUT2D eigenvalue weighted by atomic mass is 16.9. The number of methoxy groups -OCH3 is 3. The van der Waals surface area contributed by atoms with Gasteiger partial charge >= 0.3 is 0 Å². The Morgan fingerprint density at radius 2 is 1.53 bits per heavy atom. The third-order valence-electron chi connectivity index (χ3n) is 6.23. The van der Waals surface area contributed by atoms with Crippen LogP contribution in [0, 0.1) is 5.92 Å². The van der Waals surface area contributed by atoms with Crippen LogP contribution in [0.1, 0.15) is 70.3 Å². The summed E-state index contributed by atoms with van der Waals surface area (Å²) in [5, 5.41) is 3.58. The topological polar surface area (TPSA) is 43.0 Å². The predicted octanol–water partition coefficient (Wildman–Crippen LogP) is 5.96. The molecule has 0 bridgehead atoms. The quantitative estimate of drug-likeness (QED) is 0.186. The Bertz CT molecular complexity index is 555. The van der Waals surface area contributed by atoms with E-state index >= 15 is 0 Å². The molecule has 0 aliphatic heterocycles. The normalized spacial score (nSPS) is 12.6. The number of ether oxygens (including phenoxy) is 3. The molecule has 0 amide bonds. The average molecular weight is 449 g/mol. The molecule has 5 nitrogen and oxygen atoms in total. The Labute approximate surface area is 197 Å². The number of hydrogen-bond donors (Lipinski definition) is 1. The van der Waals surface area contributed by atoms with Gasteiger partial charge in [-0.15, -0.1) is 0 Å². The smallest absolute Gasteiger partial charge is 0.285 e. The van der Waals surface area contributed by atoms with Gasteiger partial charge in [0.25, 0.3) is 5.97 Å². The first-order chi connectivity index (χ1) is 15.7. The molecule has 0 aromatic heterocycles. The first-order valence-corrected chi connectivity index (χ1v) is 12.4. The zero-order valence-corrected chi connectivity index (χ0v) is 21.1. The third kappa shape index (κ3) is 11.0. The summed E-state index contributed by atoms with van der Waals surface area (Å²) in [6.07, 6.45) is 12.8. The summed E-state index contributed by atoms with van der Waals surface area (Å²) in [6, 6.07) is 10.5. The van der Waals surface area contributed by atoms with Crippen LogP contribution < -0.4 is 5.32 Å². The largest absolute Gasteiger partial charge is 0.372 e. The molecular weight excluding hydrogens is 400 g/mol. The lowest BCUT2D eigenvalue weighted by Crippen LogP contribution is -2.44. The molecule has 5 heteroatoms. The van der Waals surface area contributed by atoms with E-state index in [1.807, 2.05) is 6.20 Å². The lowest BCUT2D eigenvalue weighted by atomic mass is 9.93. The Balaban J connectivity index is 2.37. The zero-order valence-electron chi connectivity index (χ0n) is 21.1. The highest BCUT2D eigenvalue weighted by molar-refractivity contribution is 5.14. The van der Waals surface area contributed by atoms with Gasteiger partial charge in [-0.2, -0.15) is 0 Å². The van der Waals surface area contributed by atoms with E-state index in [4.69, 9.17) is 14.2 Å². The van der Waals surface area contributed by atoms with Gasteiger partial charge in [-0.05, 0) is 37.6 Å². The summed E-state index contributed by atoms with van der Waals surface area (Å²) in [5.74, 6) is -0.725. The standard InChI is InChI=1S/C27H48N2O3/c1-6-8-9-10-11-15-19-26(27(30-3,31-4)32-5)20-16-21-28-22-23-29(7-2)24-25-17-13-12-14-18-25/h7,12-14,17-18,26,28H,2,6,8-11,15-16,19-24H2,1,3-5H3. The molecule has 0 fully saturated rings. The van der Waals surface area contributed by atoms with E-state index in [2.05, 4.69) is 54.1 Å². The Morgan fingerprint density at radius 3 is 2.16 bits per heavy atom. The molecule has 184 valence electrons. The van der Waals surface area contributed by atoms with Gasteiger partial charge in [0.15, 0.2) is 0 Å². The van der Waals surface area contributed by atoms with Crippen molar-refractivity contribution in [3.63, 3.8) is 0 Å². The van der Waals surface area contributed by atoms with Crippen LogP contribution in [0.25, 0.3) is 0 Å². The summed E-state index contributed by atoms with van der Waals surface area (Å²) in [6.45, 7) is 9.96. The number of nitrogens with one attached hydrogen (secondary N) is 1. The van der Waals surface area contributed by atoms with Crippen molar-refractivity contribution >= 4 is 0 Å². The Morgan fingerprint density at radius 1 is 0.906 bits per heavy atom. The fraction of sp³-hybridized carbons (Fsp3) is 0.704. The molecule has 0 aliphatic carbocycles. The van der Waals surface area contributed by atoms with Gasteiger partial charge in [-0.3, -0.25) is 0 Å². The van der Waals surface area contributed by atoms with Gasteiger partial charge in [0.05, 0.1) is 0 Å². The van der Waals surface area contributed by atoms with E-state index in [0.29, 0.717) is 0 Å². The van der Waals surface area contributed by atoms with E-state index in [-0.39, 0.29) is 5.92 Å². The predicted molar refractivity (Wildman–Crippen MR) is 134 cm³/mol. The average Bonchev–Trinajstić information content (AvgIpc) is 2.84. The monoisotopic (exact) mass is 448 g/mol. The highest BCUT2D eigenvalue weighted by Gasteiger charge is 2.39. The van der Waals surface area contributed by atoms with Crippen molar-refractivity contribution in [1.82, 2.24) is 10.2 Å². The van der Waals surface area contributed by atoms with Gasteiger partial charge in [0, 0.05) is 46.9 Å². The lowest BCUT2D eigenvalue weighted by Gasteiger charge is -2.36. The minimum atomic E-state index is -0.946. The molecule has 1 aromatic carbocycles. The van der Waals surface area contributed by atoms with Gasteiger partial charge in [0.2, 0.25) is 0 Å². The van der Waals surface area contributed by atoms with Crippen molar-refractivity contribution in [2.24, 2.45) is 5.92 Å². The van der Waals surface area contributed by atoms with Crippen LogP contribution in [-0.2, 0) is 20.8 Å². The van der Waals surface area contributed by atoms with Gasteiger partial charge in [-0.1, -0.05) is 82.4 Å². The Hall–Kier alpha value is -1.40. The van der Waals surface area contributed by atoms with Crippen molar-refractivity contribution < 1.29 is 14.2 Å². The van der Waals surface area contributed by atoms with Gasteiger partial charge in [0.1, 0.15) is 0 Å². The molecule has 0 radical (unpaired) electrons. The molecular formula is C27H48N2O3. The summed E-state index contributed by atoms with van der Waals surface area (Å²) >= 11 is 0. The van der Waals surface area contributed by atoms with E-state index in [1.165, 1.54) is 44.1 Å². The van der Waals surface area contributed by atoms with Crippen LogP contribution in [0.15, 0.2) is 43.1 Å². The number of hydrogen-bond acceptors (Lipinski definition) is 5. The fourth-order valence-corrected chi connectivity index (χ4v) is 4.29. The molecule has 1 rings (SSSR count). The molecule has 1 N–H and O–H groups in total. The van der Waals surface area contributed by atoms with Crippen LogP contribution >= 0.6 is 0 Å². The highest BCUT2D eigenvalue weighted by Crippen LogP contribution is 2.32. The SMILES string of the molecule is C=CN(CCNCCCC(CCCCCCCC)C(OC)(OC)OC)Cc1ccccc1. The van der Waals surface area contributed by atoms with Crippen molar-refractivity contribution in [3.05, 3.63) is 48.7 Å². The van der Waals surface area contributed by atoms with E-state index < -0.39 is 5.97 Å². The first-order valence-electron chi connectivity index (χ1n) is 12.4. The van der Waals surface area contributed by atoms with Crippen LogP contribution in [0.4, 0.5) is 0 Å². The Kier molecular flexibility index (Phi) is 16.2. The minimum Gasteiger partial charge on any atom is -0.372 e. The maximum Gasteiger partial charge on any atom is 0.285 e. The molecule has 1 aromatic rings. The van der Waals surface area contributed by atoms with E-state index in [9.17, 15) is 0 Å². The number of benzene rings is 1. The third-order valence-corrected chi connectivity index (χ3v) is 6.23. The number of unbranched alkanes of at least 4 members (excludes halogenated alkanes) is 5. The molecule has 0 aliphatic rings. The maximum atomic E-state index is 5.69. The van der Waals surface area contributed by atoms with Gasteiger partial charge < -0.3 is 24.4 Å². The van der Waals surface area contributed by atoms with Crippen LogP contribution in [0.2, 0.25) is 0 Å². The van der Waals surface area contributed by atoms with Crippen LogP contribution in [-0.4, -0.2) is 51.8 Å². The first kappa shape index (κ1) is 28.6. The fourth-order valence-electron chi connectivity index (χ4n) is 4.29. The maximum absolute atomic E-state index is 5.69. The molecule has 0 heterocycles. The summed E-state index contributed by atoms with van der Waals surface area (Å²) in [5.41, 5.74) is 1.31. The summed E-state index contributed by atoms with van der Waals surface area (Å²) in [7, 11) is 5.03.